The molecular formula is C14H10FN3O2. The summed E-state index contributed by atoms with van der Waals surface area (Å²) in [6.45, 7) is 0.181. The Bertz CT molecular complexity index is 695. The summed E-state index contributed by atoms with van der Waals surface area (Å²) in [5.74, 6) is -1.86. The van der Waals surface area contributed by atoms with Crippen molar-refractivity contribution in [3.05, 3.63) is 59.2 Å². The standard InChI is InChI=1S/C14H10FN3O2/c15-10-6-8(7-16)3-4-11(10)18-13(19)9-2-1-5-17-12(9)14(18)20/h1-6H,7,16H2. The Kier molecular flexibility index (Phi) is 2.80. The molecule has 20 heavy (non-hydrogen) atoms. The number of aromatic nitrogens is 1. The number of carbonyl (C=O) groups is 2. The summed E-state index contributed by atoms with van der Waals surface area (Å²) in [5, 5.41) is 0. The van der Waals surface area contributed by atoms with Crippen molar-refractivity contribution in [3.63, 3.8) is 0 Å². The molecular weight excluding hydrogens is 261 g/mol. The number of hydrogen-bond donors (Lipinski definition) is 1. The lowest BCUT2D eigenvalue weighted by Gasteiger charge is -2.15. The lowest BCUT2D eigenvalue weighted by atomic mass is 10.2. The number of rotatable bonds is 2. The van der Waals surface area contributed by atoms with Crippen LogP contribution in [0.2, 0.25) is 0 Å². The molecule has 0 radical (unpaired) electrons. The number of carbonyl (C=O) groups excluding carboxylic acids is 2. The first-order valence-corrected chi connectivity index (χ1v) is 5.96. The van der Waals surface area contributed by atoms with E-state index in [4.69, 9.17) is 5.73 Å². The number of pyridine rings is 1. The van der Waals surface area contributed by atoms with E-state index >= 15 is 0 Å². The zero-order valence-corrected chi connectivity index (χ0v) is 10.3. The van der Waals surface area contributed by atoms with Crippen LogP contribution in [0.1, 0.15) is 26.4 Å². The molecule has 0 fully saturated rings. The van der Waals surface area contributed by atoms with Crippen LogP contribution >= 0.6 is 0 Å². The van der Waals surface area contributed by atoms with Gasteiger partial charge in [0.2, 0.25) is 0 Å². The summed E-state index contributed by atoms with van der Waals surface area (Å²) >= 11 is 0. The van der Waals surface area contributed by atoms with E-state index in [2.05, 4.69) is 4.98 Å². The number of fused-ring (bicyclic) bond motifs is 1. The average molecular weight is 271 g/mol. The van der Waals surface area contributed by atoms with Crippen LogP contribution in [-0.2, 0) is 6.54 Å². The molecule has 0 spiro atoms. The molecule has 0 saturated heterocycles. The SMILES string of the molecule is NCc1ccc(N2C(=O)c3cccnc3C2=O)c(F)c1. The highest BCUT2D eigenvalue weighted by atomic mass is 19.1. The number of nitrogens with two attached hydrogens (primary N) is 1. The third-order valence-corrected chi connectivity index (χ3v) is 3.14. The molecule has 100 valence electrons. The first-order chi connectivity index (χ1) is 9.63. The number of nitrogens with zero attached hydrogens (tertiary/aromatic N) is 2. The maximum Gasteiger partial charge on any atom is 0.284 e. The molecule has 0 aliphatic carbocycles. The molecule has 2 N–H and O–H groups in total. The minimum atomic E-state index is -0.664. The Labute approximate surface area is 113 Å². The zero-order chi connectivity index (χ0) is 14.3. The summed E-state index contributed by atoms with van der Waals surface area (Å²) in [4.78, 5) is 29.0. The molecule has 2 aromatic rings. The first kappa shape index (κ1) is 12.4. The predicted molar refractivity (Wildman–Crippen MR) is 69.7 cm³/mol. The quantitative estimate of drug-likeness (QED) is 0.839. The molecule has 3 rings (SSSR count). The number of halogens is 1. The molecule has 6 heteroatoms. The Morgan fingerprint density at radius 3 is 2.65 bits per heavy atom. The van der Waals surface area contributed by atoms with Gasteiger partial charge in [0, 0.05) is 12.7 Å². The van der Waals surface area contributed by atoms with Crippen LogP contribution in [0.25, 0.3) is 0 Å². The summed E-state index contributed by atoms with van der Waals surface area (Å²) in [6.07, 6.45) is 1.42. The van der Waals surface area contributed by atoms with Crippen LogP contribution in [0.4, 0.5) is 10.1 Å². The molecule has 0 saturated carbocycles. The monoisotopic (exact) mass is 271 g/mol. The first-order valence-electron chi connectivity index (χ1n) is 5.96. The number of amides is 2. The number of anilines is 1. The minimum Gasteiger partial charge on any atom is -0.326 e. The van der Waals surface area contributed by atoms with E-state index < -0.39 is 17.6 Å². The normalized spacial score (nSPS) is 13.8. The largest absolute Gasteiger partial charge is 0.326 e. The molecule has 1 aliphatic rings. The lowest BCUT2D eigenvalue weighted by molar-refractivity contribution is 0.0923. The van der Waals surface area contributed by atoms with Gasteiger partial charge in [0.25, 0.3) is 11.8 Å². The fraction of sp³-hybridized carbons (Fsp3) is 0.0714. The number of benzene rings is 1. The third kappa shape index (κ3) is 1.70. The van der Waals surface area contributed by atoms with E-state index in [1.54, 1.807) is 12.1 Å². The van der Waals surface area contributed by atoms with Crippen molar-refractivity contribution in [1.29, 1.82) is 0 Å². The Hall–Kier alpha value is -2.60. The second kappa shape index (κ2) is 4.50. The van der Waals surface area contributed by atoms with Crippen molar-refractivity contribution in [1.82, 2.24) is 4.98 Å². The topological polar surface area (TPSA) is 76.3 Å². The smallest absolute Gasteiger partial charge is 0.284 e. The van der Waals surface area contributed by atoms with Gasteiger partial charge in [-0.15, -0.1) is 0 Å². The van der Waals surface area contributed by atoms with E-state index in [1.165, 1.54) is 24.4 Å². The van der Waals surface area contributed by atoms with Gasteiger partial charge in [0.1, 0.15) is 11.5 Å². The van der Waals surface area contributed by atoms with E-state index in [0.717, 1.165) is 4.90 Å². The molecule has 2 heterocycles. The second-order valence-electron chi connectivity index (χ2n) is 4.34. The van der Waals surface area contributed by atoms with Crippen molar-refractivity contribution >= 4 is 17.5 Å². The van der Waals surface area contributed by atoms with Crippen molar-refractivity contribution < 1.29 is 14.0 Å². The van der Waals surface area contributed by atoms with E-state index in [1.807, 2.05) is 0 Å². The van der Waals surface area contributed by atoms with Crippen LogP contribution in [0.3, 0.4) is 0 Å². The van der Waals surface area contributed by atoms with Gasteiger partial charge in [-0.25, -0.2) is 9.29 Å². The summed E-state index contributed by atoms with van der Waals surface area (Å²) in [5.41, 5.74) is 6.14. The van der Waals surface area contributed by atoms with Gasteiger partial charge in [0.15, 0.2) is 0 Å². The average Bonchev–Trinajstić information content (AvgIpc) is 2.72. The van der Waals surface area contributed by atoms with E-state index in [9.17, 15) is 14.0 Å². The predicted octanol–water partition coefficient (Wildman–Crippen LogP) is 1.48. The molecule has 5 nitrogen and oxygen atoms in total. The van der Waals surface area contributed by atoms with Gasteiger partial charge < -0.3 is 5.73 Å². The molecule has 1 aromatic carbocycles. The van der Waals surface area contributed by atoms with Crippen LogP contribution in [-0.4, -0.2) is 16.8 Å². The van der Waals surface area contributed by atoms with Crippen molar-refractivity contribution in [2.75, 3.05) is 4.90 Å². The van der Waals surface area contributed by atoms with E-state index in [-0.39, 0.29) is 23.5 Å². The minimum absolute atomic E-state index is 0.0415. The van der Waals surface area contributed by atoms with Crippen LogP contribution in [0.5, 0.6) is 0 Å². The highest BCUT2D eigenvalue weighted by Gasteiger charge is 2.38. The summed E-state index contributed by atoms with van der Waals surface area (Å²) in [7, 11) is 0. The number of hydrogen-bond acceptors (Lipinski definition) is 4. The molecule has 0 atom stereocenters. The van der Waals surface area contributed by atoms with Gasteiger partial charge in [-0.2, -0.15) is 0 Å². The van der Waals surface area contributed by atoms with Crippen LogP contribution in [0, 0.1) is 5.82 Å². The fourth-order valence-corrected chi connectivity index (χ4v) is 2.14. The second-order valence-corrected chi connectivity index (χ2v) is 4.34. The Morgan fingerprint density at radius 2 is 2.00 bits per heavy atom. The van der Waals surface area contributed by atoms with Crippen molar-refractivity contribution in [2.45, 2.75) is 6.54 Å². The number of imide groups is 1. The molecule has 0 unspecified atom stereocenters. The highest BCUT2D eigenvalue weighted by molar-refractivity contribution is 6.33. The zero-order valence-electron chi connectivity index (χ0n) is 10.3. The van der Waals surface area contributed by atoms with E-state index in [0.29, 0.717) is 5.56 Å². The van der Waals surface area contributed by atoms with Gasteiger partial charge in [-0.3, -0.25) is 14.6 Å². The Morgan fingerprint density at radius 1 is 1.20 bits per heavy atom. The van der Waals surface area contributed by atoms with Gasteiger partial charge in [0.05, 0.1) is 11.3 Å². The van der Waals surface area contributed by atoms with Gasteiger partial charge in [-0.05, 0) is 29.8 Å². The van der Waals surface area contributed by atoms with Crippen molar-refractivity contribution in [3.8, 4) is 0 Å². The third-order valence-electron chi connectivity index (χ3n) is 3.14. The molecule has 0 bridgehead atoms. The highest BCUT2D eigenvalue weighted by Crippen LogP contribution is 2.29. The fourth-order valence-electron chi connectivity index (χ4n) is 2.14. The van der Waals surface area contributed by atoms with Crippen LogP contribution in [0.15, 0.2) is 36.5 Å². The maximum absolute atomic E-state index is 14.0. The molecule has 1 aliphatic heterocycles. The van der Waals surface area contributed by atoms with Crippen LogP contribution < -0.4 is 10.6 Å². The summed E-state index contributed by atoms with van der Waals surface area (Å²) in [6, 6.07) is 7.22. The van der Waals surface area contributed by atoms with Gasteiger partial charge in [-0.1, -0.05) is 6.07 Å². The molecule has 1 aromatic heterocycles. The van der Waals surface area contributed by atoms with Crippen molar-refractivity contribution in [2.24, 2.45) is 5.73 Å². The van der Waals surface area contributed by atoms with Gasteiger partial charge >= 0.3 is 0 Å². The molecule has 2 amide bonds. The summed E-state index contributed by atoms with van der Waals surface area (Å²) < 4.78 is 14.0. The Balaban J connectivity index is 2.09. The maximum atomic E-state index is 14.0. The lowest BCUT2D eigenvalue weighted by Crippen LogP contribution is -2.30.